The first-order valence-electron chi connectivity index (χ1n) is 6.28. The first-order chi connectivity index (χ1) is 7.90. The lowest BCUT2D eigenvalue weighted by Gasteiger charge is -2.19. The smallest absolute Gasteiger partial charge is 0.102 e. The van der Waals surface area contributed by atoms with Crippen molar-refractivity contribution in [1.82, 2.24) is 0 Å². The van der Waals surface area contributed by atoms with Crippen molar-refractivity contribution in [3.05, 3.63) is 34.9 Å². The van der Waals surface area contributed by atoms with Gasteiger partial charge in [0.15, 0.2) is 0 Å². The summed E-state index contributed by atoms with van der Waals surface area (Å²) in [4.78, 5) is 0. The van der Waals surface area contributed by atoms with Crippen LogP contribution in [0.5, 0.6) is 0 Å². The zero-order valence-electron chi connectivity index (χ0n) is 11.5. The summed E-state index contributed by atoms with van der Waals surface area (Å²) in [5.74, 6) is 0.474. The van der Waals surface area contributed by atoms with Gasteiger partial charge in [0.2, 0.25) is 0 Å². The predicted molar refractivity (Wildman–Crippen MR) is 71.1 cm³/mol. The van der Waals surface area contributed by atoms with Crippen LogP contribution in [0.4, 0.5) is 0 Å². The largest absolute Gasteiger partial charge is 0.386 e. The first kappa shape index (κ1) is 14.2. The second-order valence-corrected chi connectivity index (χ2v) is 5.22. The molecule has 0 radical (unpaired) electrons. The lowest BCUT2D eigenvalue weighted by atomic mass is 10.0. The Morgan fingerprint density at radius 3 is 2.06 bits per heavy atom. The highest BCUT2D eigenvalue weighted by Crippen LogP contribution is 2.18. The minimum atomic E-state index is -0.533. The van der Waals surface area contributed by atoms with Crippen molar-refractivity contribution in [3.8, 4) is 0 Å². The predicted octanol–water partition coefficient (Wildman–Crippen LogP) is 3.40. The van der Waals surface area contributed by atoms with Crippen molar-refractivity contribution in [2.45, 2.75) is 46.8 Å². The van der Waals surface area contributed by atoms with E-state index in [0.29, 0.717) is 12.5 Å². The Kier molecular flexibility index (Phi) is 5.16. The molecule has 0 bridgehead atoms. The number of rotatable bonds is 5. The highest BCUT2D eigenvalue weighted by atomic mass is 16.5. The third kappa shape index (κ3) is 4.49. The van der Waals surface area contributed by atoms with E-state index in [-0.39, 0.29) is 6.10 Å². The van der Waals surface area contributed by atoms with Gasteiger partial charge in [-0.2, -0.15) is 0 Å². The van der Waals surface area contributed by atoms with Crippen LogP contribution in [-0.4, -0.2) is 17.8 Å². The molecule has 0 aliphatic rings. The zero-order valence-corrected chi connectivity index (χ0v) is 11.5. The molecule has 2 unspecified atom stereocenters. The summed E-state index contributed by atoms with van der Waals surface area (Å²) < 4.78 is 5.65. The topological polar surface area (TPSA) is 29.5 Å². The molecule has 96 valence electrons. The van der Waals surface area contributed by atoms with Gasteiger partial charge in [-0.15, -0.1) is 0 Å². The molecule has 0 saturated heterocycles. The van der Waals surface area contributed by atoms with Crippen LogP contribution in [0.15, 0.2) is 18.2 Å². The van der Waals surface area contributed by atoms with Crippen molar-refractivity contribution in [2.24, 2.45) is 5.92 Å². The maximum atomic E-state index is 10.1. The third-order valence-corrected chi connectivity index (χ3v) is 3.08. The molecule has 1 aromatic rings. The number of ether oxygens (including phenoxy) is 1. The Hall–Kier alpha value is -0.860. The quantitative estimate of drug-likeness (QED) is 0.849. The highest BCUT2D eigenvalue weighted by molar-refractivity contribution is 5.29. The second-order valence-electron chi connectivity index (χ2n) is 5.22. The average molecular weight is 236 g/mol. The van der Waals surface area contributed by atoms with Crippen molar-refractivity contribution in [2.75, 3.05) is 6.61 Å². The van der Waals surface area contributed by atoms with Gasteiger partial charge in [-0.1, -0.05) is 43.2 Å². The Bertz CT molecular complexity index is 338. The molecule has 0 spiro atoms. The molecule has 2 nitrogen and oxygen atoms in total. The minimum absolute atomic E-state index is 0.176. The van der Waals surface area contributed by atoms with Gasteiger partial charge in [-0.05, 0) is 32.3 Å². The first-order valence-corrected chi connectivity index (χ1v) is 6.28. The van der Waals surface area contributed by atoms with Gasteiger partial charge in [-0.3, -0.25) is 0 Å². The minimum Gasteiger partial charge on any atom is -0.386 e. The van der Waals surface area contributed by atoms with Gasteiger partial charge in [0.05, 0.1) is 12.7 Å². The molecule has 0 fully saturated rings. The van der Waals surface area contributed by atoms with E-state index >= 15 is 0 Å². The molecule has 0 heterocycles. The molecule has 2 atom stereocenters. The normalized spacial score (nSPS) is 15.0. The number of aryl methyl sites for hydroxylation is 2. The van der Waals surface area contributed by atoms with Crippen molar-refractivity contribution in [1.29, 1.82) is 0 Å². The van der Waals surface area contributed by atoms with Crippen molar-refractivity contribution < 1.29 is 9.84 Å². The summed E-state index contributed by atoms with van der Waals surface area (Å²) in [6.07, 6.45) is -0.356. The lowest BCUT2D eigenvalue weighted by Crippen LogP contribution is -2.19. The van der Waals surface area contributed by atoms with E-state index in [0.717, 1.165) is 5.56 Å². The van der Waals surface area contributed by atoms with E-state index in [1.807, 2.05) is 32.9 Å². The zero-order chi connectivity index (χ0) is 13.0. The molecule has 1 aromatic carbocycles. The number of hydrogen-bond acceptors (Lipinski definition) is 2. The standard InChI is InChI=1S/C15H24O2/c1-10(2)13(5)17-9-15(16)14-7-11(3)6-12(4)8-14/h6-8,10,13,15-16H,9H2,1-5H3. The maximum absolute atomic E-state index is 10.1. The molecule has 2 heteroatoms. The molecule has 0 amide bonds. The highest BCUT2D eigenvalue weighted by Gasteiger charge is 2.13. The SMILES string of the molecule is Cc1cc(C)cc(C(O)COC(C)C(C)C)c1. The van der Waals surface area contributed by atoms with Crippen LogP contribution in [0.2, 0.25) is 0 Å². The maximum Gasteiger partial charge on any atom is 0.102 e. The van der Waals surface area contributed by atoms with Crippen LogP contribution in [-0.2, 0) is 4.74 Å². The molecular weight excluding hydrogens is 212 g/mol. The summed E-state index contributed by atoms with van der Waals surface area (Å²) in [6, 6.07) is 6.13. The summed E-state index contributed by atoms with van der Waals surface area (Å²) in [7, 11) is 0. The number of aliphatic hydroxyl groups is 1. The van der Waals surface area contributed by atoms with Gasteiger partial charge in [0, 0.05) is 0 Å². The van der Waals surface area contributed by atoms with Gasteiger partial charge in [-0.25, -0.2) is 0 Å². The van der Waals surface area contributed by atoms with Crippen LogP contribution < -0.4 is 0 Å². The van der Waals surface area contributed by atoms with Gasteiger partial charge >= 0.3 is 0 Å². The van der Waals surface area contributed by atoms with Crippen LogP contribution in [0.1, 0.15) is 43.6 Å². The fourth-order valence-electron chi connectivity index (χ4n) is 1.73. The van der Waals surface area contributed by atoms with Crippen LogP contribution in [0.25, 0.3) is 0 Å². The van der Waals surface area contributed by atoms with E-state index in [9.17, 15) is 5.11 Å². The average Bonchev–Trinajstić information content (AvgIpc) is 2.23. The second kappa shape index (κ2) is 6.18. The van der Waals surface area contributed by atoms with Crippen LogP contribution in [0, 0.1) is 19.8 Å². The monoisotopic (exact) mass is 236 g/mol. The van der Waals surface area contributed by atoms with Gasteiger partial charge in [0.25, 0.3) is 0 Å². The van der Waals surface area contributed by atoms with E-state index in [1.54, 1.807) is 0 Å². The van der Waals surface area contributed by atoms with E-state index in [4.69, 9.17) is 4.74 Å². The van der Waals surface area contributed by atoms with E-state index < -0.39 is 6.10 Å². The molecule has 0 saturated carbocycles. The fourth-order valence-corrected chi connectivity index (χ4v) is 1.73. The van der Waals surface area contributed by atoms with Crippen LogP contribution in [0.3, 0.4) is 0 Å². The Morgan fingerprint density at radius 1 is 1.06 bits per heavy atom. The Morgan fingerprint density at radius 2 is 1.59 bits per heavy atom. The number of benzene rings is 1. The molecule has 1 rings (SSSR count). The molecular formula is C15H24O2. The Balaban J connectivity index is 2.60. The summed E-state index contributed by atoms with van der Waals surface area (Å²) >= 11 is 0. The van der Waals surface area contributed by atoms with E-state index in [1.165, 1.54) is 11.1 Å². The Labute approximate surface area is 105 Å². The van der Waals surface area contributed by atoms with Crippen molar-refractivity contribution >= 4 is 0 Å². The summed E-state index contributed by atoms with van der Waals surface area (Å²) in [5.41, 5.74) is 3.30. The molecule has 0 aliphatic carbocycles. The van der Waals surface area contributed by atoms with E-state index in [2.05, 4.69) is 19.9 Å². The van der Waals surface area contributed by atoms with Gasteiger partial charge in [0.1, 0.15) is 6.10 Å². The van der Waals surface area contributed by atoms with Crippen LogP contribution >= 0.6 is 0 Å². The van der Waals surface area contributed by atoms with Gasteiger partial charge < -0.3 is 9.84 Å². The molecule has 17 heavy (non-hydrogen) atoms. The number of aliphatic hydroxyl groups excluding tert-OH is 1. The number of hydrogen-bond donors (Lipinski definition) is 1. The van der Waals surface area contributed by atoms with Crippen molar-refractivity contribution in [3.63, 3.8) is 0 Å². The summed E-state index contributed by atoms with van der Waals surface area (Å²) in [5, 5.41) is 10.1. The molecule has 0 aliphatic heterocycles. The molecule has 1 N–H and O–H groups in total. The fraction of sp³-hybridized carbons (Fsp3) is 0.600. The summed E-state index contributed by atoms with van der Waals surface area (Å²) in [6.45, 7) is 10.7. The lowest BCUT2D eigenvalue weighted by molar-refractivity contribution is -0.0206. The third-order valence-electron chi connectivity index (χ3n) is 3.08. The molecule has 0 aromatic heterocycles.